The SMILES string of the molecule is CCCN1CCC(=O)/C(=C/c2ccc(OC(C)C)c(OC)c2)C1. The van der Waals surface area contributed by atoms with E-state index in [1.165, 1.54) is 0 Å². The molecular weight excluding hydrogens is 290 g/mol. The zero-order chi connectivity index (χ0) is 16.8. The summed E-state index contributed by atoms with van der Waals surface area (Å²) in [5.41, 5.74) is 1.85. The molecule has 126 valence electrons. The van der Waals surface area contributed by atoms with Crippen molar-refractivity contribution in [1.82, 2.24) is 4.90 Å². The molecule has 0 aromatic heterocycles. The molecule has 2 rings (SSSR count). The third-order valence-corrected chi connectivity index (χ3v) is 3.84. The van der Waals surface area contributed by atoms with E-state index >= 15 is 0 Å². The smallest absolute Gasteiger partial charge is 0.161 e. The van der Waals surface area contributed by atoms with Gasteiger partial charge in [0.25, 0.3) is 0 Å². The Labute approximate surface area is 139 Å². The highest BCUT2D eigenvalue weighted by atomic mass is 16.5. The number of benzene rings is 1. The predicted octanol–water partition coefficient (Wildman–Crippen LogP) is 3.55. The number of ketones is 1. The standard InChI is InChI=1S/C19H27NO3/c1-5-9-20-10-8-17(21)16(13-20)11-15-6-7-18(23-14(2)3)19(12-15)22-4/h6-7,11-12,14H,5,8-10,13H2,1-4H3/b16-11+. The van der Waals surface area contributed by atoms with Crippen LogP contribution in [-0.4, -0.2) is 43.5 Å². The molecule has 0 bridgehead atoms. The first-order valence-electron chi connectivity index (χ1n) is 8.34. The van der Waals surface area contributed by atoms with Crippen molar-refractivity contribution >= 4 is 11.9 Å². The summed E-state index contributed by atoms with van der Waals surface area (Å²) in [7, 11) is 1.63. The van der Waals surface area contributed by atoms with Crippen molar-refractivity contribution in [2.24, 2.45) is 0 Å². The van der Waals surface area contributed by atoms with E-state index in [1.54, 1.807) is 7.11 Å². The van der Waals surface area contributed by atoms with Gasteiger partial charge in [0.1, 0.15) is 0 Å². The van der Waals surface area contributed by atoms with Gasteiger partial charge in [0, 0.05) is 25.1 Å². The molecule has 4 heteroatoms. The van der Waals surface area contributed by atoms with Crippen LogP contribution >= 0.6 is 0 Å². The van der Waals surface area contributed by atoms with E-state index in [2.05, 4.69) is 11.8 Å². The lowest BCUT2D eigenvalue weighted by atomic mass is 10.00. The molecule has 0 spiro atoms. The number of methoxy groups -OCH3 is 1. The van der Waals surface area contributed by atoms with Crippen molar-refractivity contribution in [3.05, 3.63) is 29.3 Å². The van der Waals surface area contributed by atoms with Gasteiger partial charge >= 0.3 is 0 Å². The molecule has 1 saturated heterocycles. The molecule has 0 radical (unpaired) electrons. The van der Waals surface area contributed by atoms with Crippen LogP contribution in [0.2, 0.25) is 0 Å². The number of nitrogens with zero attached hydrogens (tertiary/aromatic N) is 1. The fourth-order valence-electron chi connectivity index (χ4n) is 2.79. The van der Waals surface area contributed by atoms with Crippen molar-refractivity contribution in [3.63, 3.8) is 0 Å². The number of carbonyl (C=O) groups excluding carboxylic acids is 1. The molecule has 1 fully saturated rings. The van der Waals surface area contributed by atoms with Gasteiger partial charge in [-0.2, -0.15) is 0 Å². The highest BCUT2D eigenvalue weighted by molar-refractivity contribution is 6.00. The van der Waals surface area contributed by atoms with Crippen LogP contribution in [0.1, 0.15) is 39.2 Å². The molecule has 1 aromatic rings. The Balaban J connectivity index is 2.21. The second-order valence-electron chi connectivity index (χ2n) is 6.20. The summed E-state index contributed by atoms with van der Waals surface area (Å²) >= 11 is 0. The third-order valence-electron chi connectivity index (χ3n) is 3.84. The van der Waals surface area contributed by atoms with Gasteiger partial charge in [-0.1, -0.05) is 13.0 Å². The Morgan fingerprint density at radius 3 is 2.74 bits per heavy atom. The highest BCUT2D eigenvalue weighted by Crippen LogP contribution is 2.30. The predicted molar refractivity (Wildman–Crippen MR) is 93.1 cm³/mol. The number of carbonyl (C=O) groups is 1. The maximum Gasteiger partial charge on any atom is 0.161 e. The fourth-order valence-corrected chi connectivity index (χ4v) is 2.79. The van der Waals surface area contributed by atoms with Crippen molar-refractivity contribution < 1.29 is 14.3 Å². The molecule has 1 aliphatic rings. The second kappa shape index (κ2) is 8.16. The van der Waals surface area contributed by atoms with Crippen molar-refractivity contribution in [2.45, 2.75) is 39.7 Å². The summed E-state index contributed by atoms with van der Waals surface area (Å²) in [4.78, 5) is 14.5. The third kappa shape index (κ3) is 4.83. The summed E-state index contributed by atoms with van der Waals surface area (Å²) in [6, 6.07) is 5.80. The largest absolute Gasteiger partial charge is 0.493 e. The molecule has 0 aliphatic carbocycles. The average Bonchev–Trinajstić information content (AvgIpc) is 2.52. The minimum atomic E-state index is 0.0932. The number of piperidine rings is 1. The minimum absolute atomic E-state index is 0.0932. The Morgan fingerprint density at radius 1 is 1.30 bits per heavy atom. The number of Topliss-reactive ketones (excluding diaryl/α,β-unsaturated/α-hetero) is 1. The second-order valence-corrected chi connectivity index (χ2v) is 6.20. The fraction of sp³-hybridized carbons (Fsp3) is 0.526. The maximum atomic E-state index is 12.2. The van der Waals surface area contributed by atoms with E-state index < -0.39 is 0 Å². The van der Waals surface area contributed by atoms with Crippen LogP contribution in [0.4, 0.5) is 0 Å². The van der Waals surface area contributed by atoms with Crippen LogP contribution in [0.15, 0.2) is 23.8 Å². The topological polar surface area (TPSA) is 38.8 Å². The van der Waals surface area contributed by atoms with Crippen molar-refractivity contribution in [3.8, 4) is 11.5 Å². The molecule has 0 N–H and O–H groups in total. The van der Waals surface area contributed by atoms with Crippen LogP contribution in [0.25, 0.3) is 6.08 Å². The Morgan fingerprint density at radius 2 is 2.09 bits per heavy atom. The molecular formula is C19H27NO3. The van der Waals surface area contributed by atoms with Crippen LogP contribution < -0.4 is 9.47 Å². The summed E-state index contributed by atoms with van der Waals surface area (Å²) in [6.45, 7) is 8.78. The molecule has 1 aromatic carbocycles. The quantitative estimate of drug-likeness (QED) is 0.752. The number of hydrogen-bond acceptors (Lipinski definition) is 4. The van der Waals surface area contributed by atoms with E-state index in [1.807, 2.05) is 38.1 Å². The zero-order valence-electron chi connectivity index (χ0n) is 14.6. The Kier molecular flexibility index (Phi) is 6.22. The molecule has 23 heavy (non-hydrogen) atoms. The lowest BCUT2D eigenvalue weighted by Crippen LogP contribution is -2.36. The molecule has 1 aliphatic heterocycles. The van der Waals surface area contributed by atoms with Gasteiger partial charge in [0.05, 0.1) is 13.2 Å². The monoisotopic (exact) mass is 317 g/mol. The van der Waals surface area contributed by atoms with Gasteiger partial charge in [0.2, 0.25) is 0 Å². The number of rotatable bonds is 6. The Bertz CT molecular complexity index is 578. The van der Waals surface area contributed by atoms with E-state index in [0.717, 1.165) is 42.9 Å². The molecule has 0 amide bonds. The molecule has 4 nitrogen and oxygen atoms in total. The summed E-state index contributed by atoms with van der Waals surface area (Å²) < 4.78 is 11.1. The first-order valence-corrected chi connectivity index (χ1v) is 8.34. The van der Waals surface area contributed by atoms with Crippen molar-refractivity contribution in [2.75, 3.05) is 26.7 Å². The Hall–Kier alpha value is -1.81. The summed E-state index contributed by atoms with van der Waals surface area (Å²) in [6.07, 6.45) is 3.79. The first kappa shape index (κ1) is 17.5. The summed E-state index contributed by atoms with van der Waals surface area (Å²) in [5, 5.41) is 0. The number of hydrogen-bond donors (Lipinski definition) is 0. The van der Waals surface area contributed by atoms with E-state index in [-0.39, 0.29) is 11.9 Å². The van der Waals surface area contributed by atoms with Gasteiger partial charge in [-0.25, -0.2) is 0 Å². The van der Waals surface area contributed by atoms with E-state index in [9.17, 15) is 4.79 Å². The maximum absolute atomic E-state index is 12.2. The van der Waals surface area contributed by atoms with Crippen LogP contribution in [-0.2, 0) is 4.79 Å². The zero-order valence-corrected chi connectivity index (χ0v) is 14.6. The van der Waals surface area contributed by atoms with Gasteiger partial charge in [-0.05, 0) is 50.6 Å². The first-order chi connectivity index (χ1) is 11.0. The minimum Gasteiger partial charge on any atom is -0.493 e. The summed E-state index contributed by atoms with van der Waals surface area (Å²) in [5.74, 6) is 1.67. The van der Waals surface area contributed by atoms with E-state index in [4.69, 9.17) is 9.47 Å². The molecule has 1 heterocycles. The van der Waals surface area contributed by atoms with Gasteiger partial charge in [-0.15, -0.1) is 0 Å². The lowest BCUT2D eigenvalue weighted by molar-refractivity contribution is -0.117. The molecule has 0 unspecified atom stereocenters. The van der Waals surface area contributed by atoms with Crippen LogP contribution in [0.5, 0.6) is 11.5 Å². The van der Waals surface area contributed by atoms with Gasteiger partial charge < -0.3 is 9.47 Å². The molecule has 0 atom stereocenters. The van der Waals surface area contributed by atoms with Crippen molar-refractivity contribution in [1.29, 1.82) is 0 Å². The van der Waals surface area contributed by atoms with Gasteiger partial charge in [-0.3, -0.25) is 9.69 Å². The highest BCUT2D eigenvalue weighted by Gasteiger charge is 2.20. The number of likely N-dealkylation sites (tertiary alicyclic amines) is 1. The lowest BCUT2D eigenvalue weighted by Gasteiger charge is -2.27. The van der Waals surface area contributed by atoms with Crippen LogP contribution in [0, 0.1) is 0 Å². The molecule has 0 saturated carbocycles. The average molecular weight is 317 g/mol. The number of ether oxygens (including phenoxy) is 2. The van der Waals surface area contributed by atoms with Gasteiger partial charge in [0.15, 0.2) is 17.3 Å². The van der Waals surface area contributed by atoms with E-state index in [0.29, 0.717) is 12.2 Å². The normalized spacial score (nSPS) is 17.8. The van der Waals surface area contributed by atoms with Crippen LogP contribution in [0.3, 0.4) is 0 Å².